The van der Waals surface area contributed by atoms with Gasteiger partial charge in [-0.15, -0.1) is 0 Å². The Bertz CT molecular complexity index is 358. The lowest BCUT2D eigenvalue weighted by Crippen LogP contribution is -2.63. The van der Waals surface area contributed by atoms with Crippen LogP contribution in [-0.2, 0) is 9.53 Å². The van der Waals surface area contributed by atoms with Gasteiger partial charge in [0.15, 0.2) is 0 Å². The molecule has 18 heavy (non-hydrogen) atoms. The first-order valence-electron chi connectivity index (χ1n) is 6.33. The van der Waals surface area contributed by atoms with E-state index in [0.717, 1.165) is 0 Å². The molecule has 0 atom stereocenters. The van der Waals surface area contributed by atoms with Crippen LogP contribution in [0.2, 0.25) is 0 Å². The van der Waals surface area contributed by atoms with Crippen LogP contribution in [0.4, 0.5) is 8.78 Å². The fourth-order valence-electron chi connectivity index (χ4n) is 3.44. The molecule has 0 heterocycles. The number of alkyl halides is 2. The zero-order valence-corrected chi connectivity index (χ0v) is 11.2. The predicted molar refractivity (Wildman–Crippen MR) is 63.2 cm³/mol. The van der Waals surface area contributed by atoms with Gasteiger partial charge >= 0.3 is 5.97 Å². The molecule has 0 radical (unpaired) electrons. The molecule has 0 saturated heterocycles. The van der Waals surface area contributed by atoms with E-state index in [-0.39, 0.29) is 30.8 Å². The van der Waals surface area contributed by atoms with E-state index in [1.165, 1.54) is 0 Å². The van der Waals surface area contributed by atoms with E-state index in [2.05, 4.69) is 0 Å². The Kier molecular flexibility index (Phi) is 2.78. The molecule has 104 valence electrons. The predicted octanol–water partition coefficient (Wildman–Crippen LogP) is 2.48. The fraction of sp³-hybridized carbons (Fsp3) is 0.923. The summed E-state index contributed by atoms with van der Waals surface area (Å²) in [6.07, 6.45) is 0.678. The molecule has 0 aromatic rings. The summed E-state index contributed by atoms with van der Waals surface area (Å²) in [4.78, 5) is 12.1. The second-order valence-electron chi connectivity index (χ2n) is 7.05. The molecule has 5 heteroatoms. The van der Waals surface area contributed by atoms with Crippen LogP contribution >= 0.6 is 0 Å². The summed E-state index contributed by atoms with van der Waals surface area (Å²) in [5, 5.41) is 0. The summed E-state index contributed by atoms with van der Waals surface area (Å²) in [6.45, 7) is 5.55. The van der Waals surface area contributed by atoms with Gasteiger partial charge in [-0.2, -0.15) is 0 Å². The number of hydrogen-bond donors (Lipinski definition) is 1. The largest absolute Gasteiger partial charge is 0.460 e. The van der Waals surface area contributed by atoms with Gasteiger partial charge in [0.05, 0.1) is 5.41 Å². The normalized spacial score (nSPS) is 27.2. The number of nitrogens with two attached hydrogens (primary N) is 1. The molecule has 2 rings (SSSR count). The quantitative estimate of drug-likeness (QED) is 0.777. The number of carbonyl (C=O) groups excluding carboxylic acids is 1. The number of esters is 1. The highest BCUT2D eigenvalue weighted by Crippen LogP contribution is 2.68. The monoisotopic (exact) mass is 261 g/mol. The van der Waals surface area contributed by atoms with Gasteiger partial charge in [0, 0.05) is 19.4 Å². The zero-order chi connectivity index (χ0) is 13.8. The number of rotatable bonds is 2. The molecule has 2 saturated carbocycles. The SMILES string of the molecule is CC(C)(C)OC(=O)C1(CN)CC2(CC(F)(F)C2)C1. The second kappa shape index (κ2) is 3.65. The molecule has 2 aliphatic carbocycles. The van der Waals surface area contributed by atoms with Gasteiger partial charge < -0.3 is 10.5 Å². The number of halogens is 2. The first-order valence-corrected chi connectivity index (χ1v) is 6.33. The molecule has 1 spiro atoms. The van der Waals surface area contributed by atoms with Crippen molar-refractivity contribution in [3.63, 3.8) is 0 Å². The Morgan fingerprint density at radius 1 is 1.22 bits per heavy atom. The Morgan fingerprint density at radius 3 is 2.06 bits per heavy atom. The van der Waals surface area contributed by atoms with Crippen LogP contribution in [0.5, 0.6) is 0 Å². The van der Waals surface area contributed by atoms with Crippen LogP contribution in [0.3, 0.4) is 0 Å². The van der Waals surface area contributed by atoms with Crippen LogP contribution in [-0.4, -0.2) is 24.0 Å². The van der Waals surface area contributed by atoms with E-state index in [1.54, 1.807) is 20.8 Å². The third-order valence-electron chi connectivity index (χ3n) is 3.92. The van der Waals surface area contributed by atoms with Gasteiger partial charge in [-0.05, 0) is 39.0 Å². The first kappa shape index (κ1) is 13.7. The maximum absolute atomic E-state index is 12.9. The van der Waals surface area contributed by atoms with E-state index < -0.39 is 16.9 Å². The summed E-state index contributed by atoms with van der Waals surface area (Å²) in [6, 6.07) is 0. The van der Waals surface area contributed by atoms with E-state index in [1.807, 2.05) is 0 Å². The topological polar surface area (TPSA) is 52.3 Å². The summed E-state index contributed by atoms with van der Waals surface area (Å²) >= 11 is 0. The lowest BCUT2D eigenvalue weighted by molar-refractivity contribution is -0.239. The highest BCUT2D eigenvalue weighted by atomic mass is 19.3. The fourth-order valence-corrected chi connectivity index (χ4v) is 3.44. The van der Waals surface area contributed by atoms with Gasteiger partial charge in [-0.25, -0.2) is 8.78 Å². The van der Waals surface area contributed by atoms with Crippen LogP contribution in [0.15, 0.2) is 0 Å². The number of hydrogen-bond acceptors (Lipinski definition) is 3. The van der Waals surface area contributed by atoms with Gasteiger partial charge in [-0.3, -0.25) is 4.79 Å². The van der Waals surface area contributed by atoms with Crippen molar-refractivity contribution in [2.24, 2.45) is 16.6 Å². The average molecular weight is 261 g/mol. The number of carbonyl (C=O) groups is 1. The second-order valence-corrected chi connectivity index (χ2v) is 7.05. The van der Waals surface area contributed by atoms with Crippen LogP contribution in [0, 0.1) is 10.8 Å². The molecule has 2 aliphatic rings. The standard InChI is InChI=1S/C13H21F2NO2/c1-10(2,3)18-9(17)12(8-16)4-11(5-12)6-13(14,15)7-11/h4-8,16H2,1-3H3. The smallest absolute Gasteiger partial charge is 0.313 e. The Hall–Kier alpha value is -0.710. The Labute approximate surface area is 106 Å². The Balaban J connectivity index is 1.98. The van der Waals surface area contributed by atoms with E-state index >= 15 is 0 Å². The zero-order valence-electron chi connectivity index (χ0n) is 11.2. The first-order chi connectivity index (χ1) is 8.02. The molecule has 2 fully saturated rings. The van der Waals surface area contributed by atoms with Crippen molar-refractivity contribution in [3.05, 3.63) is 0 Å². The molecule has 0 aliphatic heterocycles. The maximum atomic E-state index is 12.9. The minimum absolute atomic E-state index is 0.107. The van der Waals surface area contributed by atoms with E-state index in [0.29, 0.717) is 12.8 Å². The molecular weight excluding hydrogens is 240 g/mol. The molecule has 0 unspecified atom stereocenters. The molecular formula is C13H21F2NO2. The molecule has 2 N–H and O–H groups in total. The molecule has 0 amide bonds. The third kappa shape index (κ3) is 2.25. The minimum atomic E-state index is -2.55. The van der Waals surface area contributed by atoms with Gasteiger partial charge in [0.1, 0.15) is 5.60 Å². The summed E-state index contributed by atoms with van der Waals surface area (Å²) in [5.74, 6) is -2.88. The summed E-state index contributed by atoms with van der Waals surface area (Å²) in [7, 11) is 0. The summed E-state index contributed by atoms with van der Waals surface area (Å²) in [5.41, 5.74) is 4.01. The van der Waals surface area contributed by atoms with Crippen LogP contribution in [0.25, 0.3) is 0 Å². The highest BCUT2D eigenvalue weighted by Gasteiger charge is 2.69. The van der Waals surface area contributed by atoms with Crippen molar-refractivity contribution in [2.45, 2.75) is 58.0 Å². The average Bonchev–Trinajstić information content (AvgIpc) is 2.05. The van der Waals surface area contributed by atoms with Gasteiger partial charge in [0.2, 0.25) is 5.92 Å². The van der Waals surface area contributed by atoms with E-state index in [9.17, 15) is 13.6 Å². The third-order valence-corrected chi connectivity index (χ3v) is 3.92. The highest BCUT2D eigenvalue weighted by molar-refractivity contribution is 5.79. The minimum Gasteiger partial charge on any atom is -0.460 e. The van der Waals surface area contributed by atoms with Crippen molar-refractivity contribution >= 4 is 5.97 Å². The lowest BCUT2D eigenvalue weighted by atomic mass is 9.44. The van der Waals surface area contributed by atoms with Crippen LogP contribution < -0.4 is 5.73 Å². The van der Waals surface area contributed by atoms with Crippen LogP contribution in [0.1, 0.15) is 46.5 Å². The van der Waals surface area contributed by atoms with Crippen molar-refractivity contribution < 1.29 is 18.3 Å². The lowest BCUT2D eigenvalue weighted by Gasteiger charge is -2.61. The van der Waals surface area contributed by atoms with E-state index in [4.69, 9.17) is 10.5 Å². The molecule has 0 aromatic carbocycles. The van der Waals surface area contributed by atoms with Crippen molar-refractivity contribution in [1.82, 2.24) is 0 Å². The maximum Gasteiger partial charge on any atom is 0.313 e. The molecule has 3 nitrogen and oxygen atoms in total. The molecule has 0 bridgehead atoms. The van der Waals surface area contributed by atoms with Crippen molar-refractivity contribution in [2.75, 3.05) is 6.54 Å². The Morgan fingerprint density at radius 2 is 1.72 bits per heavy atom. The number of ether oxygens (including phenoxy) is 1. The van der Waals surface area contributed by atoms with Gasteiger partial charge in [0.25, 0.3) is 0 Å². The van der Waals surface area contributed by atoms with Gasteiger partial charge in [-0.1, -0.05) is 0 Å². The van der Waals surface area contributed by atoms with Crippen molar-refractivity contribution in [1.29, 1.82) is 0 Å². The molecule has 0 aromatic heterocycles. The van der Waals surface area contributed by atoms with Crippen molar-refractivity contribution in [3.8, 4) is 0 Å². The summed E-state index contributed by atoms with van der Waals surface area (Å²) < 4.78 is 31.2.